The lowest BCUT2D eigenvalue weighted by Crippen LogP contribution is -2.38. The molecule has 0 aliphatic heterocycles. The van der Waals surface area contributed by atoms with Gasteiger partial charge in [0, 0.05) is 20.0 Å². The Morgan fingerprint density at radius 1 is 1.27 bits per heavy atom. The van der Waals surface area contributed by atoms with Crippen LogP contribution in [-0.2, 0) is 9.59 Å². The molecule has 1 amide bonds. The molecule has 4 heteroatoms. The van der Waals surface area contributed by atoms with E-state index >= 15 is 0 Å². The van der Waals surface area contributed by atoms with Crippen molar-refractivity contribution in [2.45, 2.75) is 32.6 Å². The van der Waals surface area contributed by atoms with Gasteiger partial charge in [-0.1, -0.05) is 0 Å². The third kappa shape index (κ3) is 2.49. The van der Waals surface area contributed by atoms with Gasteiger partial charge in [-0.05, 0) is 32.6 Å². The number of carboxylic acids is 1. The topological polar surface area (TPSA) is 57.6 Å². The van der Waals surface area contributed by atoms with E-state index in [0.717, 1.165) is 0 Å². The second-order valence-corrected chi connectivity index (χ2v) is 4.87. The van der Waals surface area contributed by atoms with Crippen molar-refractivity contribution in [3.8, 4) is 0 Å². The van der Waals surface area contributed by atoms with Gasteiger partial charge in [0.05, 0.1) is 5.41 Å². The summed E-state index contributed by atoms with van der Waals surface area (Å²) in [5, 5.41) is 9.04. The molecule has 0 atom stereocenters. The van der Waals surface area contributed by atoms with Crippen LogP contribution < -0.4 is 0 Å². The van der Waals surface area contributed by atoms with Crippen molar-refractivity contribution in [1.29, 1.82) is 0 Å². The molecule has 0 aromatic heterocycles. The number of carbonyl (C=O) groups excluding carboxylic acids is 1. The summed E-state index contributed by atoms with van der Waals surface area (Å²) in [4.78, 5) is 24.2. The number of nitrogens with zero attached hydrogens (tertiary/aromatic N) is 1. The Labute approximate surface area is 90.3 Å². The first-order valence-electron chi connectivity index (χ1n) is 5.31. The summed E-state index contributed by atoms with van der Waals surface area (Å²) in [5.41, 5.74) is -0.622. The van der Waals surface area contributed by atoms with E-state index in [9.17, 15) is 9.59 Å². The zero-order valence-electron chi connectivity index (χ0n) is 9.62. The summed E-state index contributed by atoms with van der Waals surface area (Å²) in [5.74, 6) is -0.590. The largest absolute Gasteiger partial charge is 0.481 e. The maximum absolute atomic E-state index is 11.7. The lowest BCUT2D eigenvalue weighted by molar-refractivity contribution is -0.152. The molecule has 1 aliphatic rings. The van der Waals surface area contributed by atoms with Crippen LogP contribution in [0, 0.1) is 11.3 Å². The van der Waals surface area contributed by atoms with Gasteiger partial charge >= 0.3 is 5.97 Å². The van der Waals surface area contributed by atoms with Gasteiger partial charge < -0.3 is 10.0 Å². The zero-order chi connectivity index (χ0) is 11.6. The highest BCUT2D eigenvalue weighted by Gasteiger charge is 2.39. The molecule has 0 bridgehead atoms. The Kier molecular flexibility index (Phi) is 3.37. The van der Waals surface area contributed by atoms with E-state index in [-0.39, 0.29) is 11.8 Å². The van der Waals surface area contributed by atoms with Crippen molar-refractivity contribution in [2.75, 3.05) is 14.1 Å². The van der Waals surface area contributed by atoms with Crippen LogP contribution in [0.15, 0.2) is 0 Å². The van der Waals surface area contributed by atoms with Gasteiger partial charge in [-0.2, -0.15) is 0 Å². The molecule has 0 aromatic rings. The lowest BCUT2D eigenvalue weighted by atomic mass is 9.71. The number of carbonyl (C=O) groups is 2. The molecule has 4 nitrogen and oxygen atoms in total. The fourth-order valence-electron chi connectivity index (χ4n) is 2.08. The predicted molar refractivity (Wildman–Crippen MR) is 56.4 cm³/mol. The van der Waals surface area contributed by atoms with Crippen molar-refractivity contribution in [2.24, 2.45) is 11.3 Å². The van der Waals surface area contributed by atoms with Crippen LogP contribution in [-0.4, -0.2) is 36.0 Å². The predicted octanol–water partition coefficient (Wildman–Crippen LogP) is 1.36. The lowest BCUT2D eigenvalue weighted by Gasteiger charge is -2.34. The van der Waals surface area contributed by atoms with Gasteiger partial charge in [0.25, 0.3) is 0 Å². The van der Waals surface area contributed by atoms with E-state index in [1.54, 1.807) is 25.9 Å². The van der Waals surface area contributed by atoms with E-state index in [0.29, 0.717) is 25.7 Å². The minimum absolute atomic E-state index is 0.0208. The Hall–Kier alpha value is -1.06. The van der Waals surface area contributed by atoms with Crippen LogP contribution in [0.25, 0.3) is 0 Å². The zero-order valence-corrected chi connectivity index (χ0v) is 9.62. The Balaban J connectivity index is 2.56. The van der Waals surface area contributed by atoms with Gasteiger partial charge in [0.15, 0.2) is 0 Å². The monoisotopic (exact) mass is 213 g/mol. The van der Waals surface area contributed by atoms with Crippen LogP contribution in [0.1, 0.15) is 32.6 Å². The highest BCUT2D eigenvalue weighted by Crippen LogP contribution is 2.39. The van der Waals surface area contributed by atoms with Gasteiger partial charge in [-0.15, -0.1) is 0 Å². The maximum Gasteiger partial charge on any atom is 0.309 e. The average molecular weight is 213 g/mol. The van der Waals surface area contributed by atoms with Crippen LogP contribution in [0.2, 0.25) is 0 Å². The van der Waals surface area contributed by atoms with E-state index in [1.165, 1.54) is 0 Å². The van der Waals surface area contributed by atoms with Gasteiger partial charge in [0.1, 0.15) is 0 Å². The van der Waals surface area contributed by atoms with Crippen LogP contribution in [0.4, 0.5) is 0 Å². The third-order valence-corrected chi connectivity index (χ3v) is 3.40. The van der Waals surface area contributed by atoms with Crippen LogP contribution >= 0.6 is 0 Å². The molecule has 0 radical (unpaired) electrons. The van der Waals surface area contributed by atoms with Crippen molar-refractivity contribution < 1.29 is 14.7 Å². The molecule has 0 aromatic carbocycles. The number of amides is 1. The molecule has 15 heavy (non-hydrogen) atoms. The third-order valence-electron chi connectivity index (χ3n) is 3.40. The Bertz CT molecular complexity index is 265. The number of aliphatic carboxylic acids is 1. The molecule has 0 saturated heterocycles. The molecule has 1 aliphatic carbocycles. The molecule has 0 spiro atoms. The molecule has 1 fully saturated rings. The normalized spacial score (nSPS) is 31.0. The second-order valence-electron chi connectivity index (χ2n) is 4.87. The minimum atomic E-state index is -0.738. The first-order valence-corrected chi connectivity index (χ1v) is 5.31. The number of hydrogen-bond acceptors (Lipinski definition) is 2. The molecule has 1 rings (SSSR count). The van der Waals surface area contributed by atoms with Crippen molar-refractivity contribution in [1.82, 2.24) is 4.90 Å². The number of hydrogen-bond donors (Lipinski definition) is 1. The fraction of sp³-hybridized carbons (Fsp3) is 0.818. The molecule has 1 saturated carbocycles. The minimum Gasteiger partial charge on any atom is -0.481 e. The van der Waals surface area contributed by atoms with Crippen LogP contribution in [0.3, 0.4) is 0 Å². The Morgan fingerprint density at radius 2 is 1.73 bits per heavy atom. The first-order chi connectivity index (χ1) is 6.87. The summed E-state index contributed by atoms with van der Waals surface area (Å²) in [6.45, 7) is 1.77. The molecule has 1 N–H and O–H groups in total. The molecular weight excluding hydrogens is 194 g/mol. The number of rotatable bonds is 2. The van der Waals surface area contributed by atoms with Gasteiger partial charge in [-0.25, -0.2) is 0 Å². The quantitative estimate of drug-likeness (QED) is 0.753. The number of carboxylic acid groups (broad SMARTS) is 1. The van der Waals surface area contributed by atoms with Crippen molar-refractivity contribution >= 4 is 11.9 Å². The van der Waals surface area contributed by atoms with Gasteiger partial charge in [-0.3, -0.25) is 9.59 Å². The highest BCUT2D eigenvalue weighted by atomic mass is 16.4. The maximum atomic E-state index is 11.7. The van der Waals surface area contributed by atoms with E-state index < -0.39 is 11.4 Å². The fourth-order valence-corrected chi connectivity index (χ4v) is 2.08. The SMILES string of the molecule is CN(C)C(=O)C1CCC(C)(C(=O)O)CC1. The van der Waals surface area contributed by atoms with Gasteiger partial charge in [0.2, 0.25) is 5.91 Å². The van der Waals surface area contributed by atoms with E-state index in [1.807, 2.05) is 0 Å². The molecule has 86 valence electrons. The first kappa shape index (κ1) is 12.0. The standard InChI is InChI=1S/C11H19NO3/c1-11(10(14)15)6-4-8(5-7-11)9(13)12(2)3/h8H,4-7H2,1-3H3,(H,14,15). The molecule has 0 heterocycles. The Morgan fingerprint density at radius 3 is 2.07 bits per heavy atom. The second kappa shape index (κ2) is 4.21. The van der Waals surface area contributed by atoms with Crippen molar-refractivity contribution in [3.63, 3.8) is 0 Å². The summed E-state index contributed by atoms with van der Waals surface area (Å²) in [7, 11) is 3.49. The smallest absolute Gasteiger partial charge is 0.309 e. The summed E-state index contributed by atoms with van der Waals surface area (Å²) in [6, 6.07) is 0. The molecule has 0 unspecified atom stereocenters. The van der Waals surface area contributed by atoms with Crippen LogP contribution in [0.5, 0.6) is 0 Å². The summed E-state index contributed by atoms with van der Waals surface area (Å²) < 4.78 is 0. The van der Waals surface area contributed by atoms with E-state index in [4.69, 9.17) is 5.11 Å². The molecular formula is C11H19NO3. The summed E-state index contributed by atoms with van der Waals surface area (Å²) >= 11 is 0. The van der Waals surface area contributed by atoms with Crippen molar-refractivity contribution in [3.05, 3.63) is 0 Å². The average Bonchev–Trinajstić information content (AvgIpc) is 2.17. The summed E-state index contributed by atoms with van der Waals surface area (Å²) in [6.07, 6.45) is 2.60. The van der Waals surface area contributed by atoms with E-state index in [2.05, 4.69) is 0 Å². The highest BCUT2D eigenvalue weighted by molar-refractivity contribution is 5.79.